The SMILES string of the molecule is CCCC(C)OCc1ccc(N)c(F)c1. The lowest BCUT2D eigenvalue weighted by atomic mass is 10.2. The summed E-state index contributed by atoms with van der Waals surface area (Å²) < 4.78 is 18.6. The third-order valence-corrected chi connectivity index (χ3v) is 2.29. The fourth-order valence-corrected chi connectivity index (χ4v) is 1.39. The number of anilines is 1. The molecule has 3 heteroatoms. The van der Waals surface area contributed by atoms with Crippen molar-refractivity contribution >= 4 is 5.69 Å². The average molecular weight is 211 g/mol. The first-order valence-corrected chi connectivity index (χ1v) is 5.29. The molecule has 0 saturated heterocycles. The smallest absolute Gasteiger partial charge is 0.146 e. The molecular weight excluding hydrogens is 193 g/mol. The van der Waals surface area contributed by atoms with Gasteiger partial charge in [0.25, 0.3) is 0 Å². The minimum Gasteiger partial charge on any atom is -0.396 e. The molecule has 0 spiro atoms. The van der Waals surface area contributed by atoms with Crippen molar-refractivity contribution in [2.45, 2.75) is 39.4 Å². The van der Waals surface area contributed by atoms with E-state index in [1.807, 2.05) is 6.92 Å². The van der Waals surface area contributed by atoms with E-state index in [2.05, 4.69) is 6.92 Å². The van der Waals surface area contributed by atoms with E-state index in [9.17, 15) is 4.39 Å². The fourth-order valence-electron chi connectivity index (χ4n) is 1.39. The van der Waals surface area contributed by atoms with Gasteiger partial charge in [0.05, 0.1) is 18.4 Å². The highest BCUT2D eigenvalue weighted by molar-refractivity contribution is 5.41. The Morgan fingerprint density at radius 1 is 1.47 bits per heavy atom. The van der Waals surface area contributed by atoms with Crippen molar-refractivity contribution in [3.8, 4) is 0 Å². The highest BCUT2D eigenvalue weighted by Gasteiger charge is 2.03. The molecule has 15 heavy (non-hydrogen) atoms. The molecule has 0 heterocycles. The monoisotopic (exact) mass is 211 g/mol. The van der Waals surface area contributed by atoms with E-state index < -0.39 is 0 Å². The number of hydrogen-bond donors (Lipinski definition) is 1. The number of rotatable bonds is 5. The Kier molecular flexibility index (Phi) is 4.56. The Labute approximate surface area is 90.2 Å². The minimum atomic E-state index is -0.376. The predicted octanol–water partition coefficient (Wildman–Crippen LogP) is 3.11. The van der Waals surface area contributed by atoms with Gasteiger partial charge < -0.3 is 10.5 Å². The summed E-state index contributed by atoms with van der Waals surface area (Å²) in [6.45, 7) is 4.58. The largest absolute Gasteiger partial charge is 0.396 e. The van der Waals surface area contributed by atoms with Crippen LogP contribution in [0.25, 0.3) is 0 Å². The van der Waals surface area contributed by atoms with E-state index >= 15 is 0 Å². The maximum Gasteiger partial charge on any atom is 0.146 e. The van der Waals surface area contributed by atoms with Gasteiger partial charge >= 0.3 is 0 Å². The van der Waals surface area contributed by atoms with Gasteiger partial charge in [-0.3, -0.25) is 0 Å². The van der Waals surface area contributed by atoms with Crippen LogP contribution in [0.3, 0.4) is 0 Å². The molecule has 1 aromatic rings. The Hall–Kier alpha value is -1.09. The Balaban J connectivity index is 2.47. The molecule has 1 rings (SSSR count). The summed E-state index contributed by atoms with van der Waals surface area (Å²) in [6, 6.07) is 4.78. The standard InChI is InChI=1S/C12H18FNO/c1-3-4-9(2)15-8-10-5-6-12(14)11(13)7-10/h5-7,9H,3-4,8,14H2,1-2H3. The zero-order chi connectivity index (χ0) is 11.3. The normalized spacial score (nSPS) is 12.7. The molecule has 0 aromatic heterocycles. The number of halogens is 1. The minimum absolute atomic E-state index is 0.181. The van der Waals surface area contributed by atoms with Crippen LogP contribution >= 0.6 is 0 Å². The summed E-state index contributed by atoms with van der Waals surface area (Å²) in [5, 5.41) is 0. The highest BCUT2D eigenvalue weighted by Crippen LogP contribution is 2.13. The van der Waals surface area contributed by atoms with Gasteiger partial charge in [-0.1, -0.05) is 19.4 Å². The molecule has 2 N–H and O–H groups in total. The van der Waals surface area contributed by atoms with Crippen molar-refractivity contribution in [3.63, 3.8) is 0 Å². The molecule has 1 aromatic carbocycles. The van der Waals surface area contributed by atoms with Crippen LogP contribution in [0, 0.1) is 5.82 Å². The molecule has 0 bridgehead atoms. The van der Waals surface area contributed by atoms with Crippen LogP contribution in [0.5, 0.6) is 0 Å². The van der Waals surface area contributed by atoms with Gasteiger partial charge in [0.2, 0.25) is 0 Å². The van der Waals surface area contributed by atoms with Crippen LogP contribution in [0.4, 0.5) is 10.1 Å². The third kappa shape index (κ3) is 3.88. The Morgan fingerprint density at radius 3 is 2.80 bits per heavy atom. The van der Waals surface area contributed by atoms with E-state index in [0.717, 1.165) is 18.4 Å². The lowest BCUT2D eigenvalue weighted by Crippen LogP contribution is -2.07. The molecule has 0 aliphatic heterocycles. The van der Waals surface area contributed by atoms with Crippen molar-refractivity contribution in [2.24, 2.45) is 0 Å². The zero-order valence-electron chi connectivity index (χ0n) is 9.29. The Morgan fingerprint density at radius 2 is 2.20 bits per heavy atom. The summed E-state index contributed by atoms with van der Waals surface area (Å²) in [6.07, 6.45) is 2.34. The van der Waals surface area contributed by atoms with E-state index in [0.29, 0.717) is 6.61 Å². The topological polar surface area (TPSA) is 35.2 Å². The second kappa shape index (κ2) is 5.71. The number of nitrogens with two attached hydrogens (primary N) is 1. The second-order valence-electron chi connectivity index (χ2n) is 3.77. The molecule has 0 aliphatic rings. The first kappa shape index (κ1) is 12.0. The first-order valence-electron chi connectivity index (χ1n) is 5.29. The van der Waals surface area contributed by atoms with Crippen LogP contribution < -0.4 is 5.73 Å². The first-order chi connectivity index (χ1) is 7.13. The maximum absolute atomic E-state index is 13.1. The lowest BCUT2D eigenvalue weighted by molar-refractivity contribution is 0.0470. The van der Waals surface area contributed by atoms with Gasteiger partial charge in [0.15, 0.2) is 0 Å². The Bertz CT molecular complexity index is 314. The number of benzene rings is 1. The molecule has 0 saturated carbocycles. The van der Waals surface area contributed by atoms with Crippen LogP contribution in [0.15, 0.2) is 18.2 Å². The van der Waals surface area contributed by atoms with Crippen molar-refractivity contribution in [3.05, 3.63) is 29.6 Å². The molecule has 0 radical (unpaired) electrons. The fraction of sp³-hybridized carbons (Fsp3) is 0.500. The summed E-state index contributed by atoms with van der Waals surface area (Å²) >= 11 is 0. The van der Waals surface area contributed by atoms with E-state index in [1.54, 1.807) is 12.1 Å². The summed E-state index contributed by atoms with van der Waals surface area (Å²) in [5.41, 5.74) is 6.38. The van der Waals surface area contributed by atoms with Crippen LogP contribution in [0.2, 0.25) is 0 Å². The molecule has 0 aliphatic carbocycles. The molecule has 1 unspecified atom stereocenters. The molecule has 1 atom stereocenters. The van der Waals surface area contributed by atoms with E-state index in [1.165, 1.54) is 6.07 Å². The lowest BCUT2D eigenvalue weighted by Gasteiger charge is -2.12. The van der Waals surface area contributed by atoms with Crippen LogP contribution in [0.1, 0.15) is 32.3 Å². The number of ether oxygens (including phenoxy) is 1. The molecule has 0 fully saturated rings. The van der Waals surface area contributed by atoms with Gasteiger partial charge in [0, 0.05) is 0 Å². The van der Waals surface area contributed by atoms with Gasteiger partial charge in [-0.15, -0.1) is 0 Å². The third-order valence-electron chi connectivity index (χ3n) is 2.29. The van der Waals surface area contributed by atoms with E-state index in [4.69, 9.17) is 10.5 Å². The number of hydrogen-bond acceptors (Lipinski definition) is 2. The van der Waals surface area contributed by atoms with E-state index in [-0.39, 0.29) is 17.6 Å². The maximum atomic E-state index is 13.1. The van der Waals surface area contributed by atoms with Gasteiger partial charge in [-0.2, -0.15) is 0 Å². The average Bonchev–Trinajstić information content (AvgIpc) is 2.20. The van der Waals surface area contributed by atoms with Gasteiger partial charge in [0.1, 0.15) is 5.82 Å². The summed E-state index contributed by atoms with van der Waals surface area (Å²) in [7, 11) is 0. The molecule has 2 nitrogen and oxygen atoms in total. The van der Waals surface area contributed by atoms with Crippen LogP contribution in [-0.2, 0) is 11.3 Å². The molecule has 0 amide bonds. The highest BCUT2D eigenvalue weighted by atomic mass is 19.1. The molecule has 84 valence electrons. The quantitative estimate of drug-likeness (QED) is 0.759. The van der Waals surface area contributed by atoms with Crippen LogP contribution in [-0.4, -0.2) is 6.10 Å². The van der Waals surface area contributed by atoms with Gasteiger partial charge in [-0.05, 0) is 31.0 Å². The second-order valence-corrected chi connectivity index (χ2v) is 3.77. The van der Waals surface area contributed by atoms with Gasteiger partial charge in [-0.25, -0.2) is 4.39 Å². The summed E-state index contributed by atoms with van der Waals surface area (Å²) in [5.74, 6) is -0.376. The van der Waals surface area contributed by atoms with Crippen molar-refractivity contribution < 1.29 is 9.13 Å². The zero-order valence-corrected chi connectivity index (χ0v) is 9.29. The molecular formula is C12H18FNO. The van der Waals surface area contributed by atoms with Crippen molar-refractivity contribution in [2.75, 3.05) is 5.73 Å². The van der Waals surface area contributed by atoms with Crippen molar-refractivity contribution in [1.82, 2.24) is 0 Å². The van der Waals surface area contributed by atoms with Crippen molar-refractivity contribution in [1.29, 1.82) is 0 Å². The summed E-state index contributed by atoms with van der Waals surface area (Å²) in [4.78, 5) is 0. The predicted molar refractivity (Wildman–Crippen MR) is 60.0 cm³/mol. The number of nitrogen functional groups attached to an aromatic ring is 1.